The number of nitrogens with zero attached hydrogens (tertiary/aromatic N) is 2. The average molecular weight is 444 g/mol. The number of fused-ring (bicyclic) bond motifs is 1. The van der Waals surface area contributed by atoms with Gasteiger partial charge in [-0.2, -0.15) is 0 Å². The minimum Gasteiger partial charge on any atom is -0.478 e. The van der Waals surface area contributed by atoms with Gasteiger partial charge in [0, 0.05) is 19.8 Å². The van der Waals surface area contributed by atoms with Crippen molar-refractivity contribution >= 4 is 55.7 Å². The summed E-state index contributed by atoms with van der Waals surface area (Å²) in [5, 5.41) is 9.18. The molecule has 0 radical (unpaired) electrons. The summed E-state index contributed by atoms with van der Waals surface area (Å²) in [5.74, 6) is -0.400. The van der Waals surface area contributed by atoms with E-state index in [1.807, 2.05) is 18.2 Å². The lowest BCUT2D eigenvalue weighted by molar-refractivity contribution is 0.0699. The number of carboxylic acid groups (broad SMARTS) is 1. The number of carboxylic acids is 1. The predicted octanol–water partition coefficient (Wildman–Crippen LogP) is 3.69. The summed E-state index contributed by atoms with van der Waals surface area (Å²) < 4.78 is 1.95. The number of imidazole rings is 1. The van der Waals surface area contributed by atoms with Gasteiger partial charge in [0.2, 0.25) is 0 Å². The van der Waals surface area contributed by atoms with Gasteiger partial charge in [-0.1, -0.05) is 15.9 Å². The molecule has 20 heavy (non-hydrogen) atoms. The highest BCUT2D eigenvalue weighted by molar-refractivity contribution is 14.1. The molecule has 0 amide bonds. The van der Waals surface area contributed by atoms with E-state index in [9.17, 15) is 9.90 Å². The van der Waals surface area contributed by atoms with Crippen molar-refractivity contribution in [3.63, 3.8) is 0 Å². The lowest BCUT2D eigenvalue weighted by atomic mass is 10.2. The molecule has 0 atom stereocenters. The Hall–Kier alpha value is -1.48. The Labute approximate surface area is 135 Å². The molecule has 2 heterocycles. The standard InChI is InChI=1S/C13H7BrIN3O2/c14-6-1-2-9(15)8(5-6)11-17-10-7(13(19)20)3-4-16-12(10)18-11/h1-5H,(H,19,20)(H,16,17,18). The van der Waals surface area contributed by atoms with Gasteiger partial charge in [0.1, 0.15) is 5.82 Å². The second-order valence-corrected chi connectivity index (χ2v) is 6.15. The maximum Gasteiger partial charge on any atom is 0.338 e. The molecule has 0 saturated carbocycles. The van der Waals surface area contributed by atoms with E-state index in [2.05, 4.69) is 53.5 Å². The number of rotatable bonds is 2. The Morgan fingerprint density at radius 1 is 1.35 bits per heavy atom. The first-order chi connectivity index (χ1) is 9.56. The zero-order valence-electron chi connectivity index (χ0n) is 9.89. The first-order valence-electron chi connectivity index (χ1n) is 5.59. The quantitative estimate of drug-likeness (QED) is 0.592. The molecule has 0 spiro atoms. The molecule has 0 fully saturated rings. The summed E-state index contributed by atoms with van der Waals surface area (Å²) in [4.78, 5) is 22.7. The second-order valence-electron chi connectivity index (χ2n) is 4.07. The summed E-state index contributed by atoms with van der Waals surface area (Å²) in [7, 11) is 0. The van der Waals surface area contributed by atoms with Gasteiger partial charge in [-0.3, -0.25) is 0 Å². The van der Waals surface area contributed by atoms with Crippen molar-refractivity contribution in [2.45, 2.75) is 0 Å². The minimum absolute atomic E-state index is 0.166. The normalized spacial score (nSPS) is 10.9. The Morgan fingerprint density at radius 2 is 2.15 bits per heavy atom. The number of carbonyl (C=O) groups is 1. The highest BCUT2D eigenvalue weighted by Gasteiger charge is 2.15. The average Bonchev–Trinajstić information content (AvgIpc) is 2.84. The van der Waals surface area contributed by atoms with Crippen LogP contribution in [0.2, 0.25) is 0 Å². The van der Waals surface area contributed by atoms with Crippen LogP contribution in [0.25, 0.3) is 22.6 Å². The van der Waals surface area contributed by atoms with Crippen LogP contribution < -0.4 is 0 Å². The van der Waals surface area contributed by atoms with Gasteiger partial charge in [-0.05, 0) is 46.9 Å². The molecule has 1 aromatic carbocycles. The van der Waals surface area contributed by atoms with Crippen molar-refractivity contribution < 1.29 is 9.90 Å². The Bertz CT molecular complexity index is 832. The number of hydrogen-bond donors (Lipinski definition) is 2. The monoisotopic (exact) mass is 443 g/mol. The van der Waals surface area contributed by atoms with E-state index < -0.39 is 5.97 Å². The van der Waals surface area contributed by atoms with Crippen molar-refractivity contribution in [2.24, 2.45) is 0 Å². The fourth-order valence-corrected chi connectivity index (χ4v) is 2.85. The second kappa shape index (κ2) is 5.13. The third kappa shape index (κ3) is 2.31. The van der Waals surface area contributed by atoms with E-state index in [0.717, 1.165) is 13.6 Å². The van der Waals surface area contributed by atoms with Crippen LogP contribution >= 0.6 is 38.5 Å². The number of halogens is 2. The molecule has 2 aromatic heterocycles. The van der Waals surface area contributed by atoms with Crippen LogP contribution in [0, 0.1) is 3.57 Å². The maximum atomic E-state index is 11.2. The number of benzene rings is 1. The van der Waals surface area contributed by atoms with E-state index in [1.165, 1.54) is 12.3 Å². The van der Waals surface area contributed by atoms with Crippen molar-refractivity contribution in [3.05, 3.63) is 44.1 Å². The number of hydrogen-bond acceptors (Lipinski definition) is 3. The van der Waals surface area contributed by atoms with Gasteiger partial charge in [-0.15, -0.1) is 0 Å². The molecule has 0 bridgehead atoms. The fourth-order valence-electron chi connectivity index (χ4n) is 1.90. The SMILES string of the molecule is O=C(O)c1ccnc2nc(-c3cc(Br)ccc3I)[nH]c12. The van der Waals surface area contributed by atoms with Gasteiger partial charge in [0.25, 0.3) is 0 Å². The number of H-pyrrole nitrogens is 1. The van der Waals surface area contributed by atoms with E-state index in [0.29, 0.717) is 17.0 Å². The van der Waals surface area contributed by atoms with Crippen molar-refractivity contribution in [3.8, 4) is 11.4 Å². The van der Waals surface area contributed by atoms with E-state index >= 15 is 0 Å². The molecular formula is C13H7BrIN3O2. The number of aromatic carboxylic acids is 1. The van der Waals surface area contributed by atoms with Crippen LogP contribution in [0.15, 0.2) is 34.9 Å². The third-order valence-corrected chi connectivity index (χ3v) is 4.24. The number of aromatic nitrogens is 3. The van der Waals surface area contributed by atoms with Crippen LogP contribution in [0.3, 0.4) is 0 Å². The van der Waals surface area contributed by atoms with E-state index in [4.69, 9.17) is 0 Å². The van der Waals surface area contributed by atoms with Gasteiger partial charge in [0.15, 0.2) is 5.65 Å². The van der Waals surface area contributed by atoms with Crippen molar-refractivity contribution in [1.82, 2.24) is 15.0 Å². The molecule has 0 aliphatic carbocycles. The molecule has 5 nitrogen and oxygen atoms in total. The molecule has 0 aliphatic heterocycles. The third-order valence-electron chi connectivity index (χ3n) is 2.81. The van der Waals surface area contributed by atoms with Crippen LogP contribution in [-0.2, 0) is 0 Å². The van der Waals surface area contributed by atoms with Gasteiger partial charge < -0.3 is 10.1 Å². The molecule has 0 aliphatic rings. The highest BCUT2D eigenvalue weighted by atomic mass is 127. The molecule has 0 unspecified atom stereocenters. The smallest absolute Gasteiger partial charge is 0.338 e. The van der Waals surface area contributed by atoms with Gasteiger partial charge >= 0.3 is 5.97 Å². The van der Waals surface area contributed by atoms with Gasteiger partial charge in [-0.25, -0.2) is 14.8 Å². The number of nitrogens with one attached hydrogen (secondary N) is 1. The van der Waals surface area contributed by atoms with E-state index in [-0.39, 0.29) is 5.56 Å². The molecule has 2 N–H and O–H groups in total. The maximum absolute atomic E-state index is 11.2. The molecule has 100 valence electrons. The molecule has 0 saturated heterocycles. The molecule has 7 heteroatoms. The summed E-state index contributed by atoms with van der Waals surface area (Å²) in [6.45, 7) is 0. The molecule has 3 rings (SSSR count). The summed E-state index contributed by atoms with van der Waals surface area (Å²) >= 11 is 5.63. The van der Waals surface area contributed by atoms with Crippen molar-refractivity contribution in [2.75, 3.05) is 0 Å². The lowest BCUT2D eigenvalue weighted by Gasteiger charge is -2.01. The van der Waals surface area contributed by atoms with Crippen LogP contribution in [0.5, 0.6) is 0 Å². The topological polar surface area (TPSA) is 78.9 Å². The molecular weight excluding hydrogens is 437 g/mol. The largest absolute Gasteiger partial charge is 0.478 e. The van der Waals surface area contributed by atoms with Crippen molar-refractivity contribution in [1.29, 1.82) is 0 Å². The summed E-state index contributed by atoms with van der Waals surface area (Å²) in [6, 6.07) is 7.28. The minimum atomic E-state index is -1.00. The number of aromatic amines is 1. The predicted molar refractivity (Wildman–Crippen MR) is 86.7 cm³/mol. The zero-order chi connectivity index (χ0) is 14.3. The highest BCUT2D eigenvalue weighted by Crippen LogP contribution is 2.28. The first-order valence-corrected chi connectivity index (χ1v) is 7.47. The Balaban J connectivity index is 2.26. The Kier molecular flexibility index (Phi) is 3.47. The molecule has 3 aromatic rings. The van der Waals surface area contributed by atoms with E-state index in [1.54, 1.807) is 0 Å². The summed E-state index contributed by atoms with van der Waals surface area (Å²) in [6.07, 6.45) is 1.45. The zero-order valence-corrected chi connectivity index (χ0v) is 13.6. The lowest BCUT2D eigenvalue weighted by Crippen LogP contribution is -1.97. The van der Waals surface area contributed by atoms with Crippen LogP contribution in [0.4, 0.5) is 0 Å². The first kappa shape index (κ1) is 13.5. The number of pyridine rings is 1. The van der Waals surface area contributed by atoms with Crippen LogP contribution in [-0.4, -0.2) is 26.0 Å². The Morgan fingerprint density at radius 3 is 2.90 bits per heavy atom. The van der Waals surface area contributed by atoms with Gasteiger partial charge in [0.05, 0.1) is 11.1 Å². The van der Waals surface area contributed by atoms with Crippen LogP contribution in [0.1, 0.15) is 10.4 Å². The summed E-state index contributed by atoms with van der Waals surface area (Å²) in [5.41, 5.74) is 1.90. The fraction of sp³-hybridized carbons (Fsp3) is 0.